The highest BCUT2D eigenvalue weighted by molar-refractivity contribution is 8.14. The fourth-order valence-electron chi connectivity index (χ4n) is 0.956. The summed E-state index contributed by atoms with van der Waals surface area (Å²) in [5.41, 5.74) is 5.78. The summed E-state index contributed by atoms with van der Waals surface area (Å²) in [5, 5.41) is 6.87. The second-order valence-corrected chi connectivity index (χ2v) is 4.77. The molecule has 0 unspecified atom stereocenters. The minimum atomic E-state index is -0.272. The normalized spacial score (nSPS) is 11.3. The van der Waals surface area contributed by atoms with Gasteiger partial charge in [0.15, 0.2) is 5.17 Å². The lowest BCUT2D eigenvalue weighted by Gasteiger charge is -2.07. The van der Waals surface area contributed by atoms with Crippen molar-refractivity contribution in [1.29, 1.82) is 0 Å². The van der Waals surface area contributed by atoms with E-state index in [4.69, 9.17) is 34.8 Å². The van der Waals surface area contributed by atoms with Gasteiger partial charge >= 0.3 is 0 Å². The van der Waals surface area contributed by atoms with Gasteiger partial charge < -0.3 is 16.9 Å². The monoisotopic (exact) mass is 292 g/mol. The Balaban J connectivity index is 2.59. The van der Waals surface area contributed by atoms with Crippen LogP contribution in [0.25, 0.3) is 0 Å². The summed E-state index contributed by atoms with van der Waals surface area (Å²) in [6.07, 6.45) is 0. The van der Waals surface area contributed by atoms with Gasteiger partial charge in [-0.05, 0) is 18.2 Å². The molecule has 1 amide bonds. The molecule has 0 aliphatic carbocycles. The van der Waals surface area contributed by atoms with E-state index in [-0.39, 0.29) is 16.8 Å². The predicted molar refractivity (Wildman–Crippen MR) is 73.4 cm³/mol. The molecule has 0 aromatic heterocycles. The number of carbonyl (C=O) groups excluding carboxylic acids is 1. The van der Waals surface area contributed by atoms with Gasteiger partial charge in [0.2, 0.25) is 5.91 Å². The number of hydrogen-bond donors (Lipinski definition) is 3. The number of nitrogens with two attached hydrogens (primary N) is 2. The Morgan fingerprint density at radius 2 is 2.18 bits per heavy atom. The van der Waals surface area contributed by atoms with E-state index in [0.29, 0.717) is 15.7 Å². The van der Waals surface area contributed by atoms with Crippen LogP contribution < -0.4 is 16.9 Å². The molecule has 8 heteroatoms. The molecule has 5 N–H and O–H groups in total. The molecule has 0 atom stereocenters. The molecule has 1 aromatic carbocycles. The van der Waals surface area contributed by atoms with Crippen molar-refractivity contribution in [2.45, 2.75) is 0 Å². The van der Waals surface area contributed by atoms with E-state index in [1.54, 1.807) is 18.2 Å². The molecule has 0 spiro atoms. The van der Waals surface area contributed by atoms with Gasteiger partial charge in [-0.2, -0.15) is 5.10 Å². The molecule has 0 aliphatic heterocycles. The zero-order chi connectivity index (χ0) is 12.8. The molecule has 17 heavy (non-hydrogen) atoms. The fourth-order valence-corrected chi connectivity index (χ4v) is 1.72. The summed E-state index contributed by atoms with van der Waals surface area (Å²) in [5.74, 6) is 4.75. The van der Waals surface area contributed by atoms with Crippen LogP contribution in [0.3, 0.4) is 0 Å². The number of halogens is 2. The number of thioether (sulfide) groups is 1. The van der Waals surface area contributed by atoms with Gasteiger partial charge in [-0.3, -0.25) is 4.79 Å². The molecule has 0 fully saturated rings. The highest BCUT2D eigenvalue weighted by Gasteiger charge is 2.07. The maximum absolute atomic E-state index is 11.5. The molecule has 0 saturated heterocycles. The van der Waals surface area contributed by atoms with Crippen molar-refractivity contribution in [2.24, 2.45) is 16.7 Å². The Hall–Kier alpha value is -1.11. The quantitative estimate of drug-likeness (QED) is 0.343. The minimum absolute atomic E-state index is 0.0926. The standard InChI is InChI=1S/C9H10Cl2N4OS/c10-5-1-2-6(11)7(3-5)14-8(16)4-17-9(12)15-13/h1-3H,4,13H2,(H2,12,15)(H,14,16). The Kier molecular flexibility index (Phi) is 5.40. The fraction of sp³-hybridized carbons (Fsp3) is 0.111. The Morgan fingerprint density at radius 1 is 1.47 bits per heavy atom. The number of amides is 1. The van der Waals surface area contributed by atoms with Gasteiger partial charge in [0.05, 0.1) is 16.5 Å². The van der Waals surface area contributed by atoms with Gasteiger partial charge in [0.25, 0.3) is 0 Å². The maximum atomic E-state index is 11.5. The molecule has 1 aromatic rings. The summed E-state index contributed by atoms with van der Waals surface area (Å²) in [6.45, 7) is 0. The summed E-state index contributed by atoms with van der Waals surface area (Å²) in [6, 6.07) is 4.79. The van der Waals surface area contributed by atoms with Crippen LogP contribution in [0.4, 0.5) is 5.69 Å². The number of nitrogens with zero attached hydrogens (tertiary/aromatic N) is 1. The lowest BCUT2D eigenvalue weighted by Crippen LogP contribution is -2.18. The van der Waals surface area contributed by atoms with Gasteiger partial charge in [-0.25, -0.2) is 0 Å². The second kappa shape index (κ2) is 6.58. The van der Waals surface area contributed by atoms with Crippen LogP contribution >= 0.6 is 35.0 Å². The largest absolute Gasteiger partial charge is 0.377 e. The van der Waals surface area contributed by atoms with E-state index in [1.165, 1.54) is 0 Å². The van der Waals surface area contributed by atoms with Crippen LogP contribution in [0.2, 0.25) is 10.0 Å². The van der Waals surface area contributed by atoms with E-state index in [0.717, 1.165) is 11.8 Å². The first-order valence-corrected chi connectivity index (χ1v) is 6.18. The van der Waals surface area contributed by atoms with Crippen LogP contribution in [0.15, 0.2) is 23.3 Å². The molecule has 92 valence electrons. The topological polar surface area (TPSA) is 93.5 Å². The summed E-state index contributed by atoms with van der Waals surface area (Å²) < 4.78 is 0. The second-order valence-electron chi connectivity index (χ2n) is 2.93. The third kappa shape index (κ3) is 4.72. The Labute approximate surface area is 113 Å². The molecular formula is C9H10Cl2N4OS. The van der Waals surface area contributed by atoms with Gasteiger partial charge in [-0.1, -0.05) is 35.0 Å². The van der Waals surface area contributed by atoms with Gasteiger partial charge in [0, 0.05) is 5.02 Å². The van der Waals surface area contributed by atoms with Crippen molar-refractivity contribution in [3.05, 3.63) is 28.2 Å². The number of nitrogens with one attached hydrogen (secondary N) is 1. The SMILES string of the molecule is NN=C(N)SCC(=O)Nc1cc(Cl)ccc1Cl. The smallest absolute Gasteiger partial charge is 0.234 e. The molecular weight excluding hydrogens is 283 g/mol. The first-order chi connectivity index (χ1) is 8.02. The van der Waals surface area contributed by atoms with E-state index in [1.807, 2.05) is 0 Å². The highest BCUT2D eigenvalue weighted by Crippen LogP contribution is 2.25. The van der Waals surface area contributed by atoms with Crippen molar-refractivity contribution in [3.63, 3.8) is 0 Å². The van der Waals surface area contributed by atoms with E-state index >= 15 is 0 Å². The van der Waals surface area contributed by atoms with Crippen LogP contribution in [-0.2, 0) is 4.79 Å². The number of benzene rings is 1. The van der Waals surface area contributed by atoms with Gasteiger partial charge in [0.1, 0.15) is 0 Å². The predicted octanol–water partition coefficient (Wildman–Crippen LogP) is 1.85. The number of anilines is 1. The lowest BCUT2D eigenvalue weighted by molar-refractivity contribution is -0.113. The van der Waals surface area contributed by atoms with Crippen molar-refractivity contribution >= 4 is 51.7 Å². The first-order valence-electron chi connectivity index (χ1n) is 4.44. The van der Waals surface area contributed by atoms with E-state index < -0.39 is 0 Å². The van der Waals surface area contributed by atoms with Crippen LogP contribution in [-0.4, -0.2) is 16.8 Å². The average molecular weight is 293 g/mol. The van der Waals surface area contributed by atoms with Crippen molar-refractivity contribution in [3.8, 4) is 0 Å². The van der Waals surface area contributed by atoms with Crippen molar-refractivity contribution < 1.29 is 4.79 Å². The average Bonchev–Trinajstić information content (AvgIpc) is 2.30. The van der Waals surface area contributed by atoms with Crippen LogP contribution in [0.5, 0.6) is 0 Å². The first kappa shape index (κ1) is 14.0. The van der Waals surface area contributed by atoms with Gasteiger partial charge in [-0.15, -0.1) is 0 Å². The number of amidine groups is 1. The molecule has 0 aliphatic rings. The summed E-state index contributed by atoms with van der Waals surface area (Å²) in [7, 11) is 0. The number of rotatable bonds is 3. The zero-order valence-corrected chi connectivity index (χ0v) is 10.9. The number of carbonyl (C=O) groups is 1. The molecule has 0 heterocycles. The summed E-state index contributed by atoms with van der Waals surface area (Å²) in [4.78, 5) is 11.5. The van der Waals surface area contributed by atoms with Crippen LogP contribution in [0, 0.1) is 0 Å². The Bertz CT molecular complexity index is 453. The molecule has 0 radical (unpaired) electrons. The number of hydrazone groups is 1. The molecule has 5 nitrogen and oxygen atoms in total. The lowest BCUT2D eigenvalue weighted by atomic mass is 10.3. The van der Waals surface area contributed by atoms with E-state index in [2.05, 4.69) is 10.4 Å². The van der Waals surface area contributed by atoms with Crippen LogP contribution in [0.1, 0.15) is 0 Å². The third-order valence-electron chi connectivity index (χ3n) is 1.68. The molecule has 0 bridgehead atoms. The highest BCUT2D eigenvalue weighted by atomic mass is 35.5. The number of hydrogen-bond acceptors (Lipinski definition) is 4. The molecule has 0 saturated carbocycles. The van der Waals surface area contributed by atoms with E-state index in [9.17, 15) is 4.79 Å². The molecule has 1 rings (SSSR count). The zero-order valence-electron chi connectivity index (χ0n) is 8.61. The maximum Gasteiger partial charge on any atom is 0.234 e. The van der Waals surface area contributed by atoms with Crippen molar-refractivity contribution in [1.82, 2.24) is 0 Å². The minimum Gasteiger partial charge on any atom is -0.377 e. The Morgan fingerprint density at radius 3 is 2.82 bits per heavy atom. The van der Waals surface area contributed by atoms with Crippen molar-refractivity contribution in [2.75, 3.05) is 11.1 Å². The third-order valence-corrected chi connectivity index (χ3v) is 3.05. The summed E-state index contributed by atoms with van der Waals surface area (Å²) >= 11 is 12.7.